The van der Waals surface area contributed by atoms with Crippen molar-refractivity contribution in [3.05, 3.63) is 29.8 Å². The molecule has 0 unspecified atom stereocenters. The lowest BCUT2D eigenvalue weighted by molar-refractivity contribution is -0.146. The van der Waals surface area contributed by atoms with E-state index >= 15 is 0 Å². The molecule has 0 bridgehead atoms. The molecular weight excluding hydrogens is 356 g/mol. The highest BCUT2D eigenvalue weighted by Crippen LogP contribution is 2.29. The monoisotopic (exact) mass is 380 g/mol. The average Bonchev–Trinajstić information content (AvgIpc) is 2.57. The molecule has 1 aliphatic carbocycles. The van der Waals surface area contributed by atoms with Crippen LogP contribution in [-0.2, 0) is 19.6 Å². The fourth-order valence-electron chi connectivity index (χ4n) is 3.47. The van der Waals surface area contributed by atoms with Gasteiger partial charge in [-0.15, -0.1) is 0 Å². The number of aliphatic carboxylic acids is 1. The zero-order valence-corrected chi connectivity index (χ0v) is 15.5. The van der Waals surface area contributed by atoms with E-state index in [0.717, 1.165) is 5.56 Å². The lowest BCUT2D eigenvalue weighted by atomic mass is 9.80. The van der Waals surface area contributed by atoms with Gasteiger partial charge in [0.2, 0.25) is 15.9 Å². The number of carboxylic acid groups (broad SMARTS) is 1. The third kappa shape index (κ3) is 3.91. The molecule has 2 aliphatic rings. The second-order valence-electron chi connectivity index (χ2n) is 7.20. The molecule has 1 saturated heterocycles. The molecule has 0 atom stereocenters. The summed E-state index contributed by atoms with van der Waals surface area (Å²) in [5.74, 6) is -1.48. The first-order valence-electron chi connectivity index (χ1n) is 8.87. The van der Waals surface area contributed by atoms with Crippen LogP contribution in [0.1, 0.15) is 31.2 Å². The van der Waals surface area contributed by atoms with Gasteiger partial charge in [0, 0.05) is 25.0 Å². The summed E-state index contributed by atoms with van der Waals surface area (Å²) in [6.45, 7) is 2.54. The number of hydrogen-bond acceptors (Lipinski definition) is 4. The van der Waals surface area contributed by atoms with E-state index in [1.807, 2.05) is 6.92 Å². The second kappa shape index (κ2) is 7.36. The number of hydrogen-bond donors (Lipinski definition) is 2. The summed E-state index contributed by atoms with van der Waals surface area (Å²) in [5.41, 5.74) is 1.00. The van der Waals surface area contributed by atoms with Crippen LogP contribution in [0.5, 0.6) is 0 Å². The molecule has 26 heavy (non-hydrogen) atoms. The van der Waals surface area contributed by atoms with Gasteiger partial charge in [-0.25, -0.2) is 8.42 Å². The van der Waals surface area contributed by atoms with Gasteiger partial charge < -0.3 is 10.4 Å². The molecule has 142 valence electrons. The predicted molar refractivity (Wildman–Crippen MR) is 95.0 cm³/mol. The van der Waals surface area contributed by atoms with Crippen molar-refractivity contribution < 1.29 is 23.1 Å². The third-order valence-electron chi connectivity index (χ3n) is 5.32. The molecule has 1 aromatic rings. The summed E-state index contributed by atoms with van der Waals surface area (Å²) >= 11 is 0. The van der Waals surface area contributed by atoms with Gasteiger partial charge >= 0.3 is 5.97 Å². The molecule has 1 saturated carbocycles. The van der Waals surface area contributed by atoms with Crippen molar-refractivity contribution in [3.63, 3.8) is 0 Å². The summed E-state index contributed by atoms with van der Waals surface area (Å²) in [6, 6.07) is 6.70. The number of benzene rings is 1. The molecule has 1 aliphatic heterocycles. The number of piperidine rings is 1. The second-order valence-corrected chi connectivity index (χ2v) is 9.14. The number of aryl methyl sites for hydroxylation is 1. The topological polar surface area (TPSA) is 104 Å². The minimum absolute atomic E-state index is 0.0714. The van der Waals surface area contributed by atoms with Crippen molar-refractivity contribution >= 4 is 21.9 Å². The van der Waals surface area contributed by atoms with Gasteiger partial charge in [0.05, 0.1) is 10.8 Å². The van der Waals surface area contributed by atoms with Crippen LogP contribution in [0.3, 0.4) is 0 Å². The predicted octanol–water partition coefficient (Wildman–Crippen LogP) is 1.38. The Kier molecular flexibility index (Phi) is 5.34. The van der Waals surface area contributed by atoms with Gasteiger partial charge in [0.15, 0.2) is 0 Å². The van der Waals surface area contributed by atoms with E-state index in [2.05, 4.69) is 5.32 Å². The van der Waals surface area contributed by atoms with E-state index in [9.17, 15) is 18.0 Å². The fourth-order valence-corrected chi connectivity index (χ4v) is 4.94. The Labute approximate surface area is 153 Å². The van der Waals surface area contributed by atoms with E-state index in [4.69, 9.17) is 5.11 Å². The Morgan fingerprint density at radius 3 is 2.19 bits per heavy atom. The van der Waals surface area contributed by atoms with Gasteiger partial charge in [-0.05, 0) is 44.7 Å². The molecule has 0 radical (unpaired) electrons. The van der Waals surface area contributed by atoms with Crippen LogP contribution in [-0.4, -0.2) is 48.8 Å². The maximum Gasteiger partial charge on any atom is 0.306 e. The van der Waals surface area contributed by atoms with Crippen LogP contribution in [0.25, 0.3) is 0 Å². The first-order chi connectivity index (χ1) is 12.3. The first-order valence-corrected chi connectivity index (χ1v) is 10.3. The molecule has 1 heterocycles. The number of nitrogens with one attached hydrogen (secondary N) is 1. The lowest BCUT2D eigenvalue weighted by Crippen LogP contribution is -2.50. The Morgan fingerprint density at radius 1 is 1.08 bits per heavy atom. The van der Waals surface area contributed by atoms with Crippen LogP contribution in [0.15, 0.2) is 29.2 Å². The smallest absolute Gasteiger partial charge is 0.306 e. The minimum Gasteiger partial charge on any atom is -0.481 e. The fraction of sp³-hybridized carbons (Fsp3) is 0.556. The third-order valence-corrected chi connectivity index (χ3v) is 7.23. The van der Waals surface area contributed by atoms with E-state index in [1.165, 1.54) is 4.31 Å². The number of rotatable bonds is 5. The van der Waals surface area contributed by atoms with Gasteiger partial charge in [-0.1, -0.05) is 17.7 Å². The van der Waals surface area contributed by atoms with Crippen molar-refractivity contribution in [1.82, 2.24) is 9.62 Å². The van der Waals surface area contributed by atoms with Crippen molar-refractivity contribution in [1.29, 1.82) is 0 Å². The molecule has 1 aromatic carbocycles. The molecule has 2 N–H and O–H groups in total. The van der Waals surface area contributed by atoms with Crippen LogP contribution in [0.4, 0.5) is 0 Å². The Bertz CT molecular complexity index is 776. The number of nitrogens with zero attached hydrogens (tertiary/aromatic N) is 1. The maximum atomic E-state index is 12.7. The number of sulfonamides is 1. The van der Waals surface area contributed by atoms with Crippen LogP contribution < -0.4 is 5.32 Å². The summed E-state index contributed by atoms with van der Waals surface area (Å²) in [4.78, 5) is 23.4. The van der Waals surface area contributed by atoms with Crippen molar-refractivity contribution in [2.45, 2.75) is 43.5 Å². The van der Waals surface area contributed by atoms with E-state index < -0.39 is 16.0 Å². The highest BCUT2D eigenvalue weighted by molar-refractivity contribution is 7.89. The minimum atomic E-state index is -3.52. The van der Waals surface area contributed by atoms with E-state index in [1.54, 1.807) is 24.3 Å². The molecule has 1 amide bonds. The molecule has 2 fully saturated rings. The van der Waals surface area contributed by atoms with Crippen LogP contribution in [0, 0.1) is 18.8 Å². The van der Waals surface area contributed by atoms with Crippen molar-refractivity contribution in [3.8, 4) is 0 Å². The van der Waals surface area contributed by atoms with Crippen molar-refractivity contribution in [2.24, 2.45) is 11.8 Å². The van der Waals surface area contributed by atoms with Gasteiger partial charge in [-0.2, -0.15) is 4.31 Å². The standard InChI is InChI=1S/C18H24N2O5S/c1-12-2-4-16(5-3-12)26(24,25)20-8-6-13(7-9-20)17(21)19-15-10-14(11-15)18(22)23/h2-5,13-15H,6-11H2,1H3,(H,19,21)(H,22,23). The molecule has 0 spiro atoms. The van der Waals surface area contributed by atoms with Gasteiger partial charge in [-0.3, -0.25) is 9.59 Å². The SMILES string of the molecule is Cc1ccc(S(=O)(=O)N2CCC(C(=O)NC3CC(C(=O)O)C3)CC2)cc1. The van der Waals surface area contributed by atoms with E-state index in [0.29, 0.717) is 38.8 Å². The van der Waals surface area contributed by atoms with Crippen LogP contribution >= 0.6 is 0 Å². The van der Waals surface area contributed by atoms with Crippen molar-refractivity contribution in [2.75, 3.05) is 13.1 Å². The van der Waals surface area contributed by atoms with Crippen LogP contribution in [0.2, 0.25) is 0 Å². The number of carbonyl (C=O) groups is 2. The Hall–Kier alpha value is -1.93. The largest absolute Gasteiger partial charge is 0.481 e. The summed E-state index contributed by atoms with van der Waals surface area (Å²) in [5, 5.41) is 11.8. The summed E-state index contributed by atoms with van der Waals surface area (Å²) in [7, 11) is -3.52. The number of amides is 1. The molecule has 8 heteroatoms. The highest BCUT2D eigenvalue weighted by Gasteiger charge is 2.37. The molecule has 7 nitrogen and oxygen atoms in total. The molecule has 0 aromatic heterocycles. The highest BCUT2D eigenvalue weighted by atomic mass is 32.2. The normalized spacial score (nSPS) is 24.7. The maximum absolute atomic E-state index is 12.7. The molecular formula is C18H24N2O5S. The zero-order valence-electron chi connectivity index (χ0n) is 14.7. The first kappa shape index (κ1) is 18.8. The Morgan fingerprint density at radius 2 is 1.65 bits per heavy atom. The molecule has 3 rings (SSSR count). The van der Waals surface area contributed by atoms with Gasteiger partial charge in [0.25, 0.3) is 0 Å². The lowest BCUT2D eigenvalue weighted by Gasteiger charge is -2.35. The number of carbonyl (C=O) groups excluding carboxylic acids is 1. The van der Waals surface area contributed by atoms with E-state index in [-0.39, 0.29) is 28.7 Å². The zero-order chi connectivity index (χ0) is 18.9. The summed E-state index contributed by atoms with van der Waals surface area (Å²) in [6.07, 6.45) is 1.90. The van der Waals surface area contributed by atoms with Gasteiger partial charge in [0.1, 0.15) is 0 Å². The Balaban J connectivity index is 1.51. The number of carboxylic acids is 1. The average molecular weight is 380 g/mol. The quantitative estimate of drug-likeness (QED) is 0.803. The summed E-state index contributed by atoms with van der Waals surface area (Å²) < 4.78 is 26.8.